The molecule has 0 heterocycles. The number of rotatable bonds is 9. The molecular formula is C28H34O3Si. The molecule has 0 aromatic heterocycles. The van der Waals surface area contributed by atoms with E-state index in [0.29, 0.717) is 26.1 Å². The summed E-state index contributed by atoms with van der Waals surface area (Å²) < 4.78 is 12.2. The van der Waals surface area contributed by atoms with E-state index >= 15 is 0 Å². The molecule has 0 bridgehead atoms. The second-order valence-corrected chi connectivity index (χ2v) is 13.3. The van der Waals surface area contributed by atoms with Gasteiger partial charge < -0.3 is 9.16 Å². The van der Waals surface area contributed by atoms with E-state index in [4.69, 9.17) is 9.16 Å². The van der Waals surface area contributed by atoms with Gasteiger partial charge in [-0.1, -0.05) is 106 Å². The standard InChI is InChI=1S/C28H34O3Si/c1-5-30-27(29)21-20-23-14-12-13-15-24(23)22-31-32(28(2,3)4,25-16-8-6-9-17-25)26-18-10-7-11-19-26/h6-19H,5,20-22H2,1-4H3. The van der Waals surface area contributed by atoms with E-state index in [1.807, 2.05) is 19.1 Å². The summed E-state index contributed by atoms with van der Waals surface area (Å²) in [6, 6.07) is 29.6. The molecule has 0 N–H and O–H groups in total. The summed E-state index contributed by atoms with van der Waals surface area (Å²) >= 11 is 0. The topological polar surface area (TPSA) is 35.5 Å². The van der Waals surface area contributed by atoms with Gasteiger partial charge in [0, 0.05) is 6.42 Å². The van der Waals surface area contributed by atoms with Gasteiger partial charge in [-0.05, 0) is 39.9 Å². The molecule has 0 fully saturated rings. The van der Waals surface area contributed by atoms with Gasteiger partial charge in [-0.25, -0.2) is 0 Å². The first-order valence-electron chi connectivity index (χ1n) is 11.4. The highest BCUT2D eigenvalue weighted by Crippen LogP contribution is 2.37. The fourth-order valence-electron chi connectivity index (χ4n) is 4.36. The van der Waals surface area contributed by atoms with Crippen molar-refractivity contribution >= 4 is 24.7 Å². The number of ether oxygens (including phenoxy) is 1. The van der Waals surface area contributed by atoms with Gasteiger partial charge in [0.25, 0.3) is 8.32 Å². The van der Waals surface area contributed by atoms with E-state index in [2.05, 4.69) is 93.6 Å². The Hall–Kier alpha value is -2.69. The normalized spacial score (nSPS) is 11.9. The fraction of sp³-hybridized carbons (Fsp3) is 0.321. The second kappa shape index (κ2) is 10.8. The lowest BCUT2D eigenvalue weighted by molar-refractivity contribution is -0.143. The van der Waals surface area contributed by atoms with Crippen molar-refractivity contribution in [2.24, 2.45) is 0 Å². The average Bonchev–Trinajstić information content (AvgIpc) is 2.79. The molecule has 0 amide bonds. The van der Waals surface area contributed by atoms with Crippen LogP contribution in [0.25, 0.3) is 0 Å². The molecule has 4 heteroatoms. The first kappa shape index (κ1) is 24.0. The van der Waals surface area contributed by atoms with E-state index in [0.717, 1.165) is 11.1 Å². The number of aryl methyl sites for hydroxylation is 1. The van der Waals surface area contributed by atoms with E-state index in [1.54, 1.807) is 0 Å². The highest BCUT2D eigenvalue weighted by atomic mass is 28.4. The molecule has 168 valence electrons. The zero-order valence-electron chi connectivity index (χ0n) is 19.6. The molecule has 0 saturated heterocycles. The van der Waals surface area contributed by atoms with Gasteiger partial charge in [-0.2, -0.15) is 0 Å². The minimum atomic E-state index is -2.60. The second-order valence-electron chi connectivity index (χ2n) is 9.03. The van der Waals surface area contributed by atoms with Gasteiger partial charge in [0.15, 0.2) is 0 Å². The van der Waals surface area contributed by atoms with Crippen molar-refractivity contribution in [2.45, 2.75) is 52.2 Å². The summed E-state index contributed by atoms with van der Waals surface area (Å²) in [6.45, 7) is 9.61. The molecule has 0 saturated carbocycles. The Morgan fingerprint density at radius 3 is 1.78 bits per heavy atom. The smallest absolute Gasteiger partial charge is 0.306 e. The lowest BCUT2D eigenvalue weighted by Crippen LogP contribution is -2.66. The fourth-order valence-corrected chi connectivity index (χ4v) is 8.89. The van der Waals surface area contributed by atoms with Crippen LogP contribution in [0.1, 0.15) is 45.2 Å². The number of carbonyl (C=O) groups is 1. The molecule has 3 rings (SSSR count). The third kappa shape index (κ3) is 5.37. The van der Waals surface area contributed by atoms with Crippen LogP contribution in [-0.2, 0) is 27.0 Å². The monoisotopic (exact) mass is 446 g/mol. The summed E-state index contributed by atoms with van der Waals surface area (Å²) in [5.41, 5.74) is 2.27. The molecule has 0 aliphatic rings. The zero-order chi connectivity index (χ0) is 23.0. The van der Waals surface area contributed by atoms with Crippen LogP contribution in [0, 0.1) is 0 Å². The van der Waals surface area contributed by atoms with E-state index in [9.17, 15) is 4.79 Å². The Morgan fingerprint density at radius 2 is 1.28 bits per heavy atom. The number of hydrogen-bond donors (Lipinski definition) is 0. The maximum atomic E-state index is 11.9. The molecule has 3 nitrogen and oxygen atoms in total. The number of benzene rings is 3. The Morgan fingerprint density at radius 1 is 0.781 bits per heavy atom. The Labute approximate surface area is 193 Å². The number of hydrogen-bond acceptors (Lipinski definition) is 3. The van der Waals surface area contributed by atoms with Crippen molar-refractivity contribution < 1.29 is 14.0 Å². The molecular weight excluding hydrogens is 412 g/mol. The van der Waals surface area contributed by atoms with Crippen molar-refractivity contribution in [1.29, 1.82) is 0 Å². The summed E-state index contributed by atoms with van der Waals surface area (Å²) in [5.74, 6) is -0.157. The van der Waals surface area contributed by atoms with Crippen molar-refractivity contribution in [1.82, 2.24) is 0 Å². The molecule has 0 radical (unpaired) electrons. The first-order valence-corrected chi connectivity index (χ1v) is 13.3. The Balaban J connectivity index is 1.97. The van der Waals surface area contributed by atoms with Gasteiger partial charge in [0.2, 0.25) is 0 Å². The highest BCUT2D eigenvalue weighted by molar-refractivity contribution is 6.99. The third-order valence-corrected chi connectivity index (χ3v) is 10.9. The Kier molecular flexibility index (Phi) is 8.05. The van der Waals surface area contributed by atoms with Crippen LogP contribution in [0.2, 0.25) is 5.04 Å². The van der Waals surface area contributed by atoms with Crippen LogP contribution >= 0.6 is 0 Å². The summed E-state index contributed by atoms with van der Waals surface area (Å²) in [7, 11) is -2.60. The zero-order valence-corrected chi connectivity index (χ0v) is 20.6. The minimum Gasteiger partial charge on any atom is -0.466 e. The minimum absolute atomic E-state index is 0.0738. The first-order chi connectivity index (χ1) is 15.4. The van der Waals surface area contributed by atoms with Gasteiger partial charge in [-0.15, -0.1) is 0 Å². The largest absolute Gasteiger partial charge is 0.466 e. The van der Waals surface area contributed by atoms with Crippen LogP contribution in [0.5, 0.6) is 0 Å². The molecule has 0 aliphatic heterocycles. The lowest BCUT2D eigenvalue weighted by atomic mass is 10.0. The lowest BCUT2D eigenvalue weighted by Gasteiger charge is -2.43. The molecule has 0 aliphatic carbocycles. The molecule has 32 heavy (non-hydrogen) atoms. The van der Waals surface area contributed by atoms with Gasteiger partial charge in [0.05, 0.1) is 13.2 Å². The maximum Gasteiger partial charge on any atom is 0.306 e. The van der Waals surface area contributed by atoms with Crippen LogP contribution in [0.15, 0.2) is 84.9 Å². The quantitative estimate of drug-likeness (QED) is 0.332. The molecule has 0 spiro atoms. The molecule has 3 aromatic rings. The SMILES string of the molecule is CCOC(=O)CCc1ccccc1CO[Si](c1ccccc1)(c1ccccc1)C(C)(C)C. The van der Waals surface area contributed by atoms with Crippen LogP contribution in [0.3, 0.4) is 0 Å². The van der Waals surface area contributed by atoms with E-state index < -0.39 is 8.32 Å². The average molecular weight is 447 g/mol. The number of carbonyl (C=O) groups excluding carboxylic acids is 1. The van der Waals surface area contributed by atoms with E-state index in [-0.39, 0.29) is 11.0 Å². The van der Waals surface area contributed by atoms with Crippen LogP contribution in [-0.4, -0.2) is 20.9 Å². The highest BCUT2D eigenvalue weighted by Gasteiger charge is 2.50. The maximum absolute atomic E-state index is 11.9. The van der Waals surface area contributed by atoms with Crippen molar-refractivity contribution in [3.8, 4) is 0 Å². The number of esters is 1. The molecule has 0 unspecified atom stereocenters. The molecule has 3 aromatic carbocycles. The van der Waals surface area contributed by atoms with Gasteiger partial charge in [0.1, 0.15) is 0 Å². The predicted octanol–water partition coefficient (Wildman–Crippen LogP) is 5.26. The summed E-state index contributed by atoms with van der Waals surface area (Å²) in [5, 5.41) is 2.46. The van der Waals surface area contributed by atoms with Crippen molar-refractivity contribution in [3.05, 3.63) is 96.1 Å². The van der Waals surface area contributed by atoms with E-state index in [1.165, 1.54) is 10.4 Å². The summed E-state index contributed by atoms with van der Waals surface area (Å²) in [6.07, 6.45) is 1.03. The van der Waals surface area contributed by atoms with Crippen LogP contribution < -0.4 is 10.4 Å². The van der Waals surface area contributed by atoms with Crippen molar-refractivity contribution in [3.63, 3.8) is 0 Å². The third-order valence-electron chi connectivity index (χ3n) is 5.88. The van der Waals surface area contributed by atoms with Gasteiger partial charge in [-0.3, -0.25) is 4.79 Å². The van der Waals surface area contributed by atoms with Crippen LogP contribution in [0.4, 0.5) is 0 Å². The Bertz CT molecular complexity index is 954. The molecule has 0 atom stereocenters. The van der Waals surface area contributed by atoms with Gasteiger partial charge >= 0.3 is 5.97 Å². The van der Waals surface area contributed by atoms with Crippen molar-refractivity contribution in [2.75, 3.05) is 6.61 Å². The summed E-state index contributed by atoms with van der Waals surface area (Å²) in [4.78, 5) is 11.9. The predicted molar refractivity (Wildman–Crippen MR) is 134 cm³/mol.